The minimum Gasteiger partial charge on any atom is -0.369 e. The Kier molecular flexibility index (Phi) is 7.33. The van der Waals surface area contributed by atoms with Crippen molar-refractivity contribution in [1.29, 1.82) is 0 Å². The highest BCUT2D eigenvalue weighted by molar-refractivity contribution is 5.95. The van der Waals surface area contributed by atoms with Gasteiger partial charge in [0.15, 0.2) is 0 Å². The maximum absolute atomic E-state index is 12.9. The molecule has 1 aliphatic rings. The minimum atomic E-state index is -0.252. The maximum atomic E-state index is 12.9. The number of hydrogen-bond acceptors (Lipinski definition) is 4. The van der Waals surface area contributed by atoms with Crippen molar-refractivity contribution in [2.75, 3.05) is 50.0 Å². The highest BCUT2D eigenvalue weighted by Crippen LogP contribution is 2.24. The van der Waals surface area contributed by atoms with Gasteiger partial charge in [-0.3, -0.25) is 14.5 Å². The molecule has 31 heavy (non-hydrogen) atoms. The van der Waals surface area contributed by atoms with Gasteiger partial charge in [-0.2, -0.15) is 0 Å². The Bertz CT molecular complexity index is 918. The predicted molar refractivity (Wildman–Crippen MR) is 127 cm³/mol. The van der Waals surface area contributed by atoms with E-state index in [1.165, 1.54) is 21.7 Å². The van der Waals surface area contributed by atoms with E-state index in [0.29, 0.717) is 0 Å². The zero-order valence-electron chi connectivity index (χ0n) is 19.3. The monoisotopic (exact) mass is 422 g/mol. The van der Waals surface area contributed by atoms with Gasteiger partial charge in [-0.1, -0.05) is 29.8 Å². The van der Waals surface area contributed by atoms with E-state index < -0.39 is 0 Å². The molecule has 1 fully saturated rings. The van der Waals surface area contributed by atoms with Gasteiger partial charge in [-0.05, 0) is 57.0 Å². The molecule has 2 aromatic carbocycles. The third-order valence-electron chi connectivity index (χ3n) is 6.23. The Labute approximate surface area is 185 Å². The van der Waals surface area contributed by atoms with Crippen LogP contribution in [0.25, 0.3) is 0 Å². The SMILES string of the molecule is Cc1ccc(NC(=O)CN(C)C(=O)[C@H](C)N2CCN(c3cccc(C)c3C)CC2)cc1. The number of amides is 2. The molecule has 0 saturated carbocycles. The van der Waals surface area contributed by atoms with Crippen LogP contribution in [-0.2, 0) is 9.59 Å². The lowest BCUT2D eigenvalue weighted by molar-refractivity contribution is -0.137. The van der Waals surface area contributed by atoms with E-state index in [9.17, 15) is 9.59 Å². The third-order valence-corrected chi connectivity index (χ3v) is 6.23. The lowest BCUT2D eigenvalue weighted by atomic mass is 10.1. The van der Waals surface area contributed by atoms with Gasteiger partial charge in [0.1, 0.15) is 0 Å². The van der Waals surface area contributed by atoms with Crippen molar-refractivity contribution in [2.24, 2.45) is 0 Å². The number of piperazine rings is 1. The summed E-state index contributed by atoms with van der Waals surface area (Å²) in [4.78, 5) is 31.4. The van der Waals surface area contributed by atoms with E-state index in [1.54, 1.807) is 7.05 Å². The summed E-state index contributed by atoms with van der Waals surface area (Å²) in [7, 11) is 1.69. The normalized spacial score (nSPS) is 15.5. The van der Waals surface area contributed by atoms with E-state index in [0.717, 1.165) is 37.4 Å². The number of anilines is 2. The highest BCUT2D eigenvalue weighted by atomic mass is 16.2. The van der Waals surface area contributed by atoms with Gasteiger partial charge in [0.25, 0.3) is 0 Å². The predicted octanol–water partition coefficient (Wildman–Crippen LogP) is 3.22. The Morgan fingerprint density at radius 1 is 1.00 bits per heavy atom. The van der Waals surface area contributed by atoms with Crippen LogP contribution in [0.5, 0.6) is 0 Å². The molecule has 0 radical (unpaired) electrons. The third kappa shape index (κ3) is 5.64. The molecule has 0 aliphatic carbocycles. The Balaban J connectivity index is 1.51. The van der Waals surface area contributed by atoms with Crippen LogP contribution in [0.3, 0.4) is 0 Å². The fourth-order valence-corrected chi connectivity index (χ4v) is 4.03. The first-order valence-electron chi connectivity index (χ1n) is 10.9. The average Bonchev–Trinajstić information content (AvgIpc) is 2.76. The lowest BCUT2D eigenvalue weighted by Crippen LogP contribution is -2.54. The molecule has 3 rings (SSSR count). The van der Waals surface area contributed by atoms with Crippen molar-refractivity contribution in [3.05, 3.63) is 59.2 Å². The molecule has 1 N–H and O–H groups in total. The van der Waals surface area contributed by atoms with Gasteiger partial charge in [-0.25, -0.2) is 0 Å². The van der Waals surface area contributed by atoms with Gasteiger partial charge in [0.2, 0.25) is 11.8 Å². The zero-order chi connectivity index (χ0) is 22.5. The quantitative estimate of drug-likeness (QED) is 0.777. The van der Waals surface area contributed by atoms with Crippen LogP contribution < -0.4 is 10.2 Å². The van der Waals surface area contributed by atoms with Crippen molar-refractivity contribution in [3.8, 4) is 0 Å². The molecule has 1 aliphatic heterocycles. The van der Waals surface area contributed by atoms with Gasteiger partial charge < -0.3 is 15.1 Å². The molecule has 166 valence electrons. The van der Waals surface area contributed by atoms with Crippen LogP contribution >= 0.6 is 0 Å². The van der Waals surface area contributed by atoms with Crippen LogP contribution in [0.4, 0.5) is 11.4 Å². The Morgan fingerprint density at radius 2 is 1.65 bits per heavy atom. The number of aryl methyl sites for hydroxylation is 2. The maximum Gasteiger partial charge on any atom is 0.243 e. The molecule has 0 unspecified atom stereocenters. The highest BCUT2D eigenvalue weighted by Gasteiger charge is 2.28. The van der Waals surface area contributed by atoms with Crippen LogP contribution in [0.2, 0.25) is 0 Å². The van der Waals surface area contributed by atoms with Gasteiger partial charge in [0, 0.05) is 44.6 Å². The lowest BCUT2D eigenvalue weighted by Gasteiger charge is -2.40. The van der Waals surface area contributed by atoms with Crippen LogP contribution in [-0.4, -0.2) is 67.4 Å². The van der Waals surface area contributed by atoms with Gasteiger partial charge >= 0.3 is 0 Å². The molecule has 6 heteroatoms. The van der Waals surface area contributed by atoms with Crippen molar-refractivity contribution in [3.63, 3.8) is 0 Å². The molecule has 0 aromatic heterocycles. The van der Waals surface area contributed by atoms with E-state index in [4.69, 9.17) is 0 Å². The molecule has 1 heterocycles. The fourth-order valence-electron chi connectivity index (χ4n) is 4.03. The Hall–Kier alpha value is -2.86. The van der Waals surface area contributed by atoms with Crippen LogP contribution in [0, 0.1) is 20.8 Å². The fraction of sp³-hybridized carbons (Fsp3) is 0.440. The number of nitrogens with zero attached hydrogens (tertiary/aromatic N) is 3. The Morgan fingerprint density at radius 3 is 2.29 bits per heavy atom. The number of carbonyl (C=O) groups is 2. The van der Waals surface area contributed by atoms with Crippen LogP contribution in [0.15, 0.2) is 42.5 Å². The molecule has 1 saturated heterocycles. The van der Waals surface area contributed by atoms with E-state index in [1.807, 2.05) is 38.1 Å². The first-order chi connectivity index (χ1) is 14.8. The molecule has 0 bridgehead atoms. The number of benzene rings is 2. The molecule has 1 atom stereocenters. The van der Waals surface area contributed by atoms with Crippen molar-refractivity contribution >= 4 is 23.2 Å². The molecule has 0 spiro atoms. The number of hydrogen-bond donors (Lipinski definition) is 1. The molecule has 2 amide bonds. The van der Waals surface area contributed by atoms with Crippen molar-refractivity contribution < 1.29 is 9.59 Å². The summed E-state index contributed by atoms with van der Waals surface area (Å²) in [5.74, 6) is -0.217. The first-order valence-corrected chi connectivity index (χ1v) is 10.9. The molecular weight excluding hydrogens is 388 g/mol. The van der Waals surface area contributed by atoms with E-state index in [2.05, 4.69) is 47.2 Å². The summed E-state index contributed by atoms with van der Waals surface area (Å²) in [6.45, 7) is 11.7. The van der Waals surface area contributed by atoms with E-state index >= 15 is 0 Å². The summed E-state index contributed by atoms with van der Waals surface area (Å²) in [6.07, 6.45) is 0. The zero-order valence-corrected chi connectivity index (χ0v) is 19.3. The summed E-state index contributed by atoms with van der Waals surface area (Å²) in [6, 6.07) is 13.8. The first kappa shape index (κ1) is 22.8. The second-order valence-corrected chi connectivity index (χ2v) is 8.53. The number of carbonyl (C=O) groups excluding carboxylic acids is 2. The van der Waals surface area contributed by atoms with E-state index in [-0.39, 0.29) is 24.4 Å². The van der Waals surface area contributed by atoms with Gasteiger partial charge in [-0.15, -0.1) is 0 Å². The largest absolute Gasteiger partial charge is 0.369 e. The summed E-state index contributed by atoms with van der Waals surface area (Å²) in [5.41, 5.74) is 5.78. The van der Waals surface area contributed by atoms with Crippen molar-refractivity contribution in [1.82, 2.24) is 9.80 Å². The second kappa shape index (κ2) is 9.96. The topological polar surface area (TPSA) is 55.9 Å². The summed E-state index contributed by atoms with van der Waals surface area (Å²) < 4.78 is 0. The number of nitrogens with one attached hydrogen (secondary N) is 1. The molecule has 2 aromatic rings. The second-order valence-electron chi connectivity index (χ2n) is 8.53. The summed E-state index contributed by atoms with van der Waals surface area (Å²) >= 11 is 0. The number of likely N-dealkylation sites (N-methyl/N-ethyl adjacent to an activating group) is 1. The van der Waals surface area contributed by atoms with Crippen LogP contribution in [0.1, 0.15) is 23.6 Å². The van der Waals surface area contributed by atoms with Gasteiger partial charge in [0.05, 0.1) is 12.6 Å². The standard InChI is InChI=1S/C25H34N4O2/c1-18-9-11-22(12-10-18)26-24(30)17-27(5)25(31)21(4)28-13-15-29(16-14-28)23-8-6-7-19(2)20(23)3/h6-12,21H,13-17H2,1-5H3,(H,26,30)/t21-/m0/s1. The average molecular weight is 423 g/mol. The molecule has 6 nitrogen and oxygen atoms in total. The molecular formula is C25H34N4O2. The minimum absolute atomic E-state index is 0.0285. The summed E-state index contributed by atoms with van der Waals surface area (Å²) in [5, 5.41) is 2.85. The number of rotatable bonds is 6. The smallest absolute Gasteiger partial charge is 0.243 e. The van der Waals surface area contributed by atoms with Crippen molar-refractivity contribution in [2.45, 2.75) is 33.7 Å².